The topological polar surface area (TPSA) is 82.9 Å². The number of phenolic OH excluding ortho intramolecular Hbond substituents is 2. The van der Waals surface area contributed by atoms with E-state index in [4.69, 9.17) is 9.72 Å². The van der Waals surface area contributed by atoms with Crippen LogP contribution < -0.4 is 9.64 Å². The molecule has 1 aliphatic rings. The van der Waals surface area contributed by atoms with Gasteiger partial charge in [0.1, 0.15) is 17.2 Å². The fourth-order valence-corrected chi connectivity index (χ4v) is 4.72. The average molecular weight is 455 g/mol. The summed E-state index contributed by atoms with van der Waals surface area (Å²) in [6.07, 6.45) is 1.66. The summed E-state index contributed by atoms with van der Waals surface area (Å²) in [6.45, 7) is 4.06. The van der Waals surface area contributed by atoms with Gasteiger partial charge < -0.3 is 19.8 Å². The second-order valence-corrected chi connectivity index (χ2v) is 8.82. The van der Waals surface area contributed by atoms with Crippen LogP contribution in [0.15, 0.2) is 60.7 Å². The molecule has 4 aromatic rings. The molecule has 0 radical (unpaired) electrons. The maximum absolute atomic E-state index is 13.4. The van der Waals surface area contributed by atoms with Crippen molar-refractivity contribution < 1.29 is 19.7 Å². The molecule has 0 saturated heterocycles. The predicted molar refractivity (Wildman–Crippen MR) is 133 cm³/mol. The van der Waals surface area contributed by atoms with E-state index in [-0.39, 0.29) is 29.0 Å². The fraction of sp³-hybridized carbons (Fsp3) is 0.214. The molecule has 2 heterocycles. The average Bonchev–Trinajstić information content (AvgIpc) is 2.82. The number of carbonyl (C=O) groups is 1. The maximum atomic E-state index is 13.4. The molecule has 34 heavy (non-hydrogen) atoms. The number of pyridine rings is 1. The standard InChI is InChI=1S/C28H26N2O4/c1-16-12-20-14-22(34-3)8-10-24(20)29-27(16)19-6-11-25-18(13-19)5-4-17(2)30(25)28(33)23-9-7-21(31)15-26(23)32/h6-15,17,31-32H,4-5H2,1-3H3/t17-/m0/s1. The Hall–Kier alpha value is -4.06. The molecule has 1 atom stereocenters. The van der Waals surface area contributed by atoms with Crippen molar-refractivity contribution in [1.29, 1.82) is 0 Å². The minimum absolute atomic E-state index is 0.0189. The normalized spacial score (nSPS) is 15.3. The van der Waals surface area contributed by atoms with E-state index in [2.05, 4.69) is 12.1 Å². The maximum Gasteiger partial charge on any atom is 0.262 e. The Morgan fingerprint density at radius 1 is 1.06 bits per heavy atom. The van der Waals surface area contributed by atoms with E-state index in [9.17, 15) is 15.0 Å². The third kappa shape index (κ3) is 3.71. The minimum atomic E-state index is -0.285. The van der Waals surface area contributed by atoms with Crippen LogP contribution in [-0.2, 0) is 6.42 Å². The van der Waals surface area contributed by atoms with E-state index >= 15 is 0 Å². The van der Waals surface area contributed by atoms with Crippen molar-refractivity contribution in [3.8, 4) is 28.5 Å². The highest BCUT2D eigenvalue weighted by molar-refractivity contribution is 6.09. The summed E-state index contributed by atoms with van der Waals surface area (Å²) in [7, 11) is 1.65. The zero-order valence-corrected chi connectivity index (χ0v) is 19.4. The van der Waals surface area contributed by atoms with E-state index in [1.54, 1.807) is 12.0 Å². The van der Waals surface area contributed by atoms with Crippen molar-refractivity contribution in [3.63, 3.8) is 0 Å². The summed E-state index contributed by atoms with van der Waals surface area (Å²) in [4.78, 5) is 20.0. The highest BCUT2D eigenvalue weighted by Gasteiger charge is 2.30. The first kappa shape index (κ1) is 21.8. The number of hydrogen-bond acceptors (Lipinski definition) is 5. The Kier molecular flexibility index (Phi) is 5.36. The second-order valence-electron chi connectivity index (χ2n) is 8.82. The van der Waals surface area contributed by atoms with Crippen LogP contribution in [0.2, 0.25) is 0 Å². The van der Waals surface area contributed by atoms with Gasteiger partial charge in [-0.3, -0.25) is 4.79 Å². The quantitative estimate of drug-likeness (QED) is 0.420. The molecule has 1 amide bonds. The molecule has 0 unspecified atom stereocenters. The number of aromatic hydroxyl groups is 2. The number of fused-ring (bicyclic) bond motifs is 2. The molecule has 3 aromatic carbocycles. The van der Waals surface area contributed by atoms with Crippen molar-refractivity contribution in [3.05, 3.63) is 77.4 Å². The van der Waals surface area contributed by atoms with Crippen LogP contribution in [0.3, 0.4) is 0 Å². The van der Waals surface area contributed by atoms with E-state index in [1.165, 1.54) is 18.2 Å². The molecule has 0 saturated carbocycles. The summed E-state index contributed by atoms with van der Waals surface area (Å²) in [6, 6.07) is 18.1. The molecule has 6 nitrogen and oxygen atoms in total. The number of aryl methyl sites for hydroxylation is 2. The third-order valence-electron chi connectivity index (χ3n) is 6.53. The Morgan fingerprint density at radius 3 is 2.65 bits per heavy atom. The van der Waals surface area contributed by atoms with Crippen molar-refractivity contribution in [1.82, 2.24) is 4.98 Å². The van der Waals surface area contributed by atoms with Crippen LogP contribution in [0.1, 0.15) is 34.8 Å². The molecule has 0 spiro atoms. The van der Waals surface area contributed by atoms with Gasteiger partial charge in [0.05, 0.1) is 23.9 Å². The molecule has 6 heteroatoms. The number of benzene rings is 3. The monoisotopic (exact) mass is 454 g/mol. The number of aromatic nitrogens is 1. The summed E-state index contributed by atoms with van der Waals surface area (Å²) in [5, 5.41) is 20.9. The number of hydrogen-bond donors (Lipinski definition) is 2. The number of ether oxygens (including phenoxy) is 1. The number of carbonyl (C=O) groups excluding carboxylic acids is 1. The van der Waals surface area contributed by atoms with Gasteiger partial charge in [-0.15, -0.1) is 0 Å². The Labute approximate surface area is 198 Å². The summed E-state index contributed by atoms with van der Waals surface area (Å²) < 4.78 is 5.33. The molecular formula is C28H26N2O4. The number of nitrogens with zero attached hydrogens (tertiary/aromatic N) is 2. The molecule has 0 aliphatic carbocycles. The number of anilines is 1. The van der Waals surface area contributed by atoms with Crippen LogP contribution in [0.5, 0.6) is 17.2 Å². The molecule has 172 valence electrons. The van der Waals surface area contributed by atoms with Gasteiger partial charge in [-0.25, -0.2) is 4.98 Å². The van der Waals surface area contributed by atoms with Crippen molar-refractivity contribution in [2.24, 2.45) is 0 Å². The van der Waals surface area contributed by atoms with Gasteiger partial charge in [0.25, 0.3) is 5.91 Å². The predicted octanol–water partition coefficient (Wildman–Crippen LogP) is 5.61. The Balaban J connectivity index is 1.55. The van der Waals surface area contributed by atoms with E-state index in [0.717, 1.165) is 57.6 Å². The molecule has 5 rings (SSSR count). The van der Waals surface area contributed by atoms with E-state index < -0.39 is 0 Å². The number of amides is 1. The van der Waals surface area contributed by atoms with Crippen LogP contribution >= 0.6 is 0 Å². The second kappa shape index (κ2) is 8.37. The van der Waals surface area contributed by atoms with E-state index in [1.807, 2.05) is 44.2 Å². The highest BCUT2D eigenvalue weighted by atomic mass is 16.5. The molecule has 0 bridgehead atoms. The van der Waals surface area contributed by atoms with Crippen LogP contribution in [0.4, 0.5) is 5.69 Å². The number of phenols is 2. The third-order valence-corrected chi connectivity index (χ3v) is 6.53. The van der Waals surface area contributed by atoms with Gasteiger partial charge in [-0.05, 0) is 86.3 Å². The fourth-order valence-electron chi connectivity index (χ4n) is 4.72. The lowest BCUT2D eigenvalue weighted by atomic mass is 9.92. The molecular weight excluding hydrogens is 428 g/mol. The summed E-state index contributed by atoms with van der Waals surface area (Å²) in [5.74, 6) is 0.206. The van der Waals surface area contributed by atoms with Crippen molar-refractivity contribution in [2.75, 3.05) is 12.0 Å². The van der Waals surface area contributed by atoms with Gasteiger partial charge >= 0.3 is 0 Å². The van der Waals surface area contributed by atoms with Crippen molar-refractivity contribution >= 4 is 22.5 Å². The molecule has 0 fully saturated rings. The van der Waals surface area contributed by atoms with Gasteiger partial charge in [0, 0.05) is 28.7 Å². The lowest BCUT2D eigenvalue weighted by Crippen LogP contribution is -2.42. The molecule has 1 aromatic heterocycles. The zero-order chi connectivity index (χ0) is 24.0. The molecule has 2 N–H and O–H groups in total. The summed E-state index contributed by atoms with van der Waals surface area (Å²) in [5.41, 5.74) is 5.95. The molecule has 1 aliphatic heterocycles. The largest absolute Gasteiger partial charge is 0.508 e. The zero-order valence-electron chi connectivity index (χ0n) is 19.4. The van der Waals surface area contributed by atoms with Crippen LogP contribution in [0.25, 0.3) is 22.2 Å². The SMILES string of the molecule is COc1ccc2nc(-c3ccc4c(c3)CC[C@H](C)N4C(=O)c3ccc(O)cc3O)c(C)cc2c1. The van der Waals surface area contributed by atoms with Crippen LogP contribution in [-0.4, -0.2) is 34.3 Å². The Morgan fingerprint density at radius 2 is 1.88 bits per heavy atom. The number of methoxy groups -OCH3 is 1. The lowest BCUT2D eigenvalue weighted by molar-refractivity contribution is 0.0972. The summed E-state index contributed by atoms with van der Waals surface area (Å²) >= 11 is 0. The van der Waals surface area contributed by atoms with Crippen molar-refractivity contribution in [2.45, 2.75) is 32.7 Å². The first-order valence-electron chi connectivity index (χ1n) is 11.3. The number of rotatable bonds is 3. The van der Waals surface area contributed by atoms with Gasteiger partial charge in [0.2, 0.25) is 0 Å². The first-order chi connectivity index (χ1) is 16.4. The van der Waals surface area contributed by atoms with Gasteiger partial charge in [0.15, 0.2) is 0 Å². The Bertz CT molecular complexity index is 1430. The van der Waals surface area contributed by atoms with E-state index in [0.29, 0.717) is 0 Å². The van der Waals surface area contributed by atoms with Gasteiger partial charge in [-0.1, -0.05) is 6.07 Å². The van der Waals surface area contributed by atoms with Crippen LogP contribution in [0, 0.1) is 6.92 Å². The first-order valence-corrected chi connectivity index (χ1v) is 11.3. The minimum Gasteiger partial charge on any atom is -0.508 e. The lowest BCUT2D eigenvalue weighted by Gasteiger charge is -2.35. The van der Waals surface area contributed by atoms with Gasteiger partial charge in [-0.2, -0.15) is 0 Å². The highest BCUT2D eigenvalue weighted by Crippen LogP contribution is 2.37. The smallest absolute Gasteiger partial charge is 0.262 e.